The number of ether oxygens (including phenoxy) is 1. The third-order valence-electron chi connectivity index (χ3n) is 5.38. The molecule has 32 heavy (non-hydrogen) atoms. The van der Waals surface area contributed by atoms with Gasteiger partial charge in [-0.1, -0.05) is 48.7 Å². The van der Waals surface area contributed by atoms with Gasteiger partial charge in [0.1, 0.15) is 10.6 Å². The molecule has 0 saturated carbocycles. The van der Waals surface area contributed by atoms with Crippen LogP contribution in [-0.2, 0) is 24.2 Å². The monoisotopic (exact) mass is 480 g/mol. The number of nitrogens with zero attached hydrogens (tertiary/aromatic N) is 2. The second-order valence-corrected chi connectivity index (χ2v) is 10.1. The SMILES string of the molecule is CCCC(C)N(C)Cc1c(Cl)cc(Cl)c(=O)n1CCc1ccc(C(=O)OC(C)(C)C)cc1. The van der Waals surface area contributed by atoms with Gasteiger partial charge in [0.15, 0.2) is 0 Å². The van der Waals surface area contributed by atoms with Crippen molar-refractivity contribution in [3.05, 3.63) is 67.6 Å². The smallest absolute Gasteiger partial charge is 0.338 e. The maximum Gasteiger partial charge on any atom is 0.338 e. The molecule has 1 aromatic carbocycles. The summed E-state index contributed by atoms with van der Waals surface area (Å²) < 4.78 is 7.07. The van der Waals surface area contributed by atoms with Gasteiger partial charge in [0.25, 0.3) is 5.56 Å². The van der Waals surface area contributed by atoms with Gasteiger partial charge in [-0.15, -0.1) is 0 Å². The van der Waals surface area contributed by atoms with Crippen LogP contribution in [0.1, 0.15) is 69.1 Å². The van der Waals surface area contributed by atoms with Crippen molar-refractivity contribution in [1.82, 2.24) is 9.47 Å². The molecule has 1 aromatic heterocycles. The van der Waals surface area contributed by atoms with Gasteiger partial charge in [0.2, 0.25) is 0 Å². The number of carbonyl (C=O) groups is 1. The van der Waals surface area contributed by atoms with Gasteiger partial charge in [-0.2, -0.15) is 0 Å². The number of halogens is 2. The maximum absolute atomic E-state index is 12.8. The number of carbonyl (C=O) groups excluding carboxylic acids is 1. The summed E-state index contributed by atoms with van der Waals surface area (Å²) in [7, 11) is 2.04. The van der Waals surface area contributed by atoms with E-state index in [1.54, 1.807) is 16.7 Å². The summed E-state index contributed by atoms with van der Waals surface area (Å²) in [5, 5.41) is 0.605. The quantitative estimate of drug-likeness (QED) is 0.414. The first-order chi connectivity index (χ1) is 14.9. The van der Waals surface area contributed by atoms with Crippen molar-refractivity contribution in [2.75, 3.05) is 7.05 Å². The minimum Gasteiger partial charge on any atom is -0.456 e. The van der Waals surface area contributed by atoms with E-state index in [0.29, 0.717) is 36.1 Å². The highest BCUT2D eigenvalue weighted by atomic mass is 35.5. The summed E-state index contributed by atoms with van der Waals surface area (Å²) in [6.07, 6.45) is 2.76. The Morgan fingerprint density at radius 2 is 1.78 bits per heavy atom. The van der Waals surface area contributed by atoms with Crippen molar-refractivity contribution in [3.8, 4) is 0 Å². The van der Waals surface area contributed by atoms with E-state index in [4.69, 9.17) is 27.9 Å². The lowest BCUT2D eigenvalue weighted by atomic mass is 10.1. The number of hydrogen-bond donors (Lipinski definition) is 0. The van der Waals surface area contributed by atoms with Crippen LogP contribution in [0.25, 0.3) is 0 Å². The Hall–Kier alpha value is -1.82. The van der Waals surface area contributed by atoms with Crippen LogP contribution in [0.3, 0.4) is 0 Å². The molecule has 2 aromatic rings. The van der Waals surface area contributed by atoms with Crippen molar-refractivity contribution < 1.29 is 9.53 Å². The summed E-state index contributed by atoms with van der Waals surface area (Å²) in [6, 6.07) is 9.16. The molecular formula is C25H34Cl2N2O3. The standard InChI is InChI=1S/C25H34Cl2N2O3/c1-7-8-17(2)28(6)16-22-20(26)15-21(27)23(30)29(22)14-13-18-9-11-19(12-10-18)24(31)32-25(3,4)5/h9-12,15,17H,7-8,13-14,16H2,1-6H3. The maximum atomic E-state index is 12.8. The van der Waals surface area contributed by atoms with Crippen LogP contribution < -0.4 is 5.56 Å². The van der Waals surface area contributed by atoms with Crippen LogP contribution in [0.4, 0.5) is 0 Å². The van der Waals surface area contributed by atoms with Crippen LogP contribution in [0.15, 0.2) is 35.1 Å². The number of aromatic nitrogens is 1. The highest BCUT2D eigenvalue weighted by Crippen LogP contribution is 2.22. The molecule has 0 saturated heterocycles. The Labute approximate surface area is 201 Å². The van der Waals surface area contributed by atoms with Crippen molar-refractivity contribution >= 4 is 29.2 Å². The summed E-state index contributed by atoms with van der Waals surface area (Å²) >= 11 is 12.6. The molecule has 1 heterocycles. The molecule has 0 N–H and O–H groups in total. The zero-order valence-corrected chi connectivity index (χ0v) is 21.4. The van der Waals surface area contributed by atoms with E-state index in [2.05, 4.69) is 18.7 Å². The molecule has 1 atom stereocenters. The minimum absolute atomic E-state index is 0.114. The van der Waals surface area contributed by atoms with E-state index >= 15 is 0 Å². The van der Waals surface area contributed by atoms with Crippen LogP contribution in [0.5, 0.6) is 0 Å². The number of rotatable bonds is 9. The first kappa shape index (κ1) is 26.4. The summed E-state index contributed by atoms with van der Waals surface area (Å²) in [5.74, 6) is -0.353. The number of aryl methyl sites for hydroxylation is 1. The number of pyridine rings is 1. The second-order valence-electron chi connectivity index (χ2n) is 9.25. The molecule has 0 aliphatic carbocycles. The molecule has 0 aliphatic heterocycles. The highest BCUT2D eigenvalue weighted by Gasteiger charge is 2.19. The van der Waals surface area contributed by atoms with Crippen molar-refractivity contribution in [2.24, 2.45) is 0 Å². The van der Waals surface area contributed by atoms with Crippen molar-refractivity contribution in [1.29, 1.82) is 0 Å². The Kier molecular flexibility index (Phi) is 9.38. The Bertz CT molecular complexity index is 978. The average molecular weight is 481 g/mol. The first-order valence-corrected chi connectivity index (χ1v) is 11.8. The lowest BCUT2D eigenvalue weighted by molar-refractivity contribution is 0.00695. The highest BCUT2D eigenvalue weighted by molar-refractivity contribution is 6.34. The van der Waals surface area contributed by atoms with Crippen LogP contribution in [0, 0.1) is 0 Å². The lowest BCUT2D eigenvalue weighted by Crippen LogP contribution is -2.33. The van der Waals surface area contributed by atoms with Gasteiger partial charge in [0, 0.05) is 19.1 Å². The summed E-state index contributed by atoms with van der Waals surface area (Å²) in [6.45, 7) is 10.8. The fourth-order valence-electron chi connectivity index (χ4n) is 3.45. The third kappa shape index (κ3) is 7.36. The van der Waals surface area contributed by atoms with Crippen molar-refractivity contribution in [2.45, 2.75) is 78.6 Å². The fourth-order valence-corrected chi connectivity index (χ4v) is 3.99. The van der Waals surface area contributed by atoms with Gasteiger partial charge in [-0.05, 0) is 71.3 Å². The van der Waals surface area contributed by atoms with E-state index < -0.39 is 5.60 Å². The minimum atomic E-state index is -0.541. The van der Waals surface area contributed by atoms with Gasteiger partial charge in [0.05, 0.1) is 16.3 Å². The molecule has 7 heteroatoms. The van der Waals surface area contributed by atoms with Crippen LogP contribution in [0.2, 0.25) is 10.0 Å². The second kappa shape index (κ2) is 11.4. The molecule has 0 radical (unpaired) electrons. The van der Waals surface area contributed by atoms with Gasteiger partial charge in [-0.25, -0.2) is 4.79 Å². The third-order valence-corrected chi connectivity index (χ3v) is 5.97. The van der Waals surface area contributed by atoms with E-state index in [1.165, 1.54) is 6.07 Å². The predicted molar refractivity (Wildman–Crippen MR) is 132 cm³/mol. The largest absolute Gasteiger partial charge is 0.456 e. The Balaban J connectivity index is 2.20. The summed E-state index contributed by atoms with van der Waals surface area (Å²) in [4.78, 5) is 27.2. The van der Waals surface area contributed by atoms with Crippen LogP contribution >= 0.6 is 23.2 Å². The number of benzene rings is 1. The van der Waals surface area contributed by atoms with Crippen molar-refractivity contribution in [3.63, 3.8) is 0 Å². The van der Waals surface area contributed by atoms with E-state index in [9.17, 15) is 9.59 Å². The number of esters is 1. The van der Waals surface area contributed by atoms with Gasteiger partial charge < -0.3 is 9.30 Å². The zero-order valence-electron chi connectivity index (χ0n) is 19.9. The van der Waals surface area contributed by atoms with Crippen LogP contribution in [-0.4, -0.2) is 34.1 Å². The molecule has 0 fully saturated rings. The zero-order chi connectivity index (χ0) is 24.1. The van der Waals surface area contributed by atoms with E-state index in [1.807, 2.05) is 40.0 Å². The lowest BCUT2D eigenvalue weighted by Gasteiger charge is -2.26. The molecule has 0 aliphatic rings. The van der Waals surface area contributed by atoms with E-state index in [0.717, 1.165) is 24.1 Å². The van der Waals surface area contributed by atoms with Gasteiger partial charge in [-0.3, -0.25) is 9.69 Å². The molecule has 5 nitrogen and oxygen atoms in total. The Morgan fingerprint density at radius 1 is 1.16 bits per heavy atom. The Morgan fingerprint density at radius 3 is 2.34 bits per heavy atom. The van der Waals surface area contributed by atoms with Gasteiger partial charge >= 0.3 is 5.97 Å². The molecular weight excluding hydrogens is 447 g/mol. The summed E-state index contributed by atoms with van der Waals surface area (Å²) in [5.41, 5.74) is 1.48. The molecule has 0 amide bonds. The topological polar surface area (TPSA) is 51.5 Å². The molecule has 1 unspecified atom stereocenters. The van der Waals surface area contributed by atoms with E-state index in [-0.39, 0.29) is 16.6 Å². The predicted octanol–water partition coefficient (Wildman–Crippen LogP) is 5.97. The molecule has 0 spiro atoms. The fraction of sp³-hybridized carbons (Fsp3) is 0.520. The normalized spacial score (nSPS) is 12.8. The average Bonchev–Trinajstić information content (AvgIpc) is 2.70. The first-order valence-electron chi connectivity index (χ1n) is 11.0. The molecule has 2 rings (SSSR count). The number of hydrogen-bond acceptors (Lipinski definition) is 4. The molecule has 176 valence electrons. The molecule has 0 bridgehead atoms.